The van der Waals surface area contributed by atoms with Crippen LogP contribution in [0.2, 0.25) is 0 Å². The lowest BCUT2D eigenvalue weighted by molar-refractivity contribution is 0.966. The maximum atomic E-state index is 4.86. The zero-order chi connectivity index (χ0) is 22.9. The van der Waals surface area contributed by atoms with E-state index >= 15 is 0 Å². The molecule has 0 spiro atoms. The number of benzene rings is 4. The average Bonchev–Trinajstić information content (AvgIpc) is 3.33. The van der Waals surface area contributed by atoms with Crippen LogP contribution in [0.4, 0.5) is 0 Å². The van der Waals surface area contributed by atoms with E-state index < -0.39 is 0 Å². The lowest BCUT2D eigenvalue weighted by Gasteiger charge is -2.19. The Balaban J connectivity index is 1.68. The van der Waals surface area contributed by atoms with Gasteiger partial charge in [-0.2, -0.15) is 0 Å². The minimum Gasteiger partial charge on any atom is -0.221 e. The van der Waals surface area contributed by atoms with Crippen molar-refractivity contribution in [2.24, 2.45) is 0 Å². The highest BCUT2D eigenvalue weighted by Gasteiger charge is 2.19. The Morgan fingerprint density at radius 2 is 1.21 bits per heavy atom. The van der Waals surface area contributed by atoms with Crippen molar-refractivity contribution >= 4 is 5.65 Å². The number of nitrogens with zero attached hydrogens (tertiary/aromatic N) is 3. The summed E-state index contributed by atoms with van der Waals surface area (Å²) in [6.45, 7) is 2.14. The van der Waals surface area contributed by atoms with Crippen molar-refractivity contribution in [1.82, 2.24) is 14.6 Å². The summed E-state index contributed by atoms with van der Waals surface area (Å²) < 4.78 is 1.83. The van der Waals surface area contributed by atoms with Crippen molar-refractivity contribution in [1.29, 1.82) is 0 Å². The Labute approximate surface area is 199 Å². The monoisotopic (exact) mass is 437 g/mol. The molecule has 0 saturated carbocycles. The van der Waals surface area contributed by atoms with E-state index in [9.17, 15) is 0 Å². The third-order valence-corrected chi connectivity index (χ3v) is 6.16. The van der Waals surface area contributed by atoms with Gasteiger partial charge < -0.3 is 0 Å². The Morgan fingerprint density at radius 1 is 0.559 bits per heavy atom. The molecule has 0 bridgehead atoms. The van der Waals surface area contributed by atoms with Crippen LogP contribution in [0.3, 0.4) is 0 Å². The molecule has 0 saturated heterocycles. The number of aryl methyl sites for hydroxylation is 1. The Kier molecular flexibility index (Phi) is 5.00. The molecular weight excluding hydrogens is 414 g/mol. The molecule has 0 aliphatic rings. The molecule has 2 heterocycles. The molecule has 0 aliphatic carbocycles. The Hall–Kier alpha value is -4.50. The molecule has 0 amide bonds. The van der Waals surface area contributed by atoms with Gasteiger partial charge in [-0.1, -0.05) is 109 Å². The van der Waals surface area contributed by atoms with E-state index in [0.717, 1.165) is 22.6 Å². The van der Waals surface area contributed by atoms with E-state index in [1.807, 2.05) is 28.9 Å². The standard InChI is InChI=1S/C31H23N3/c1-22-18-19-27(31-32-29-17-8-9-20-34(29)33-31)28(21-22)30-25(23-11-4-2-5-12-23)15-10-16-26(30)24-13-6-3-7-14-24/h2-21H,1H3. The fraction of sp³-hybridized carbons (Fsp3) is 0.0323. The van der Waals surface area contributed by atoms with Crippen molar-refractivity contribution in [3.63, 3.8) is 0 Å². The Bertz CT molecular complexity index is 1510. The Morgan fingerprint density at radius 3 is 1.85 bits per heavy atom. The molecule has 0 unspecified atom stereocenters. The average molecular weight is 438 g/mol. The quantitative estimate of drug-likeness (QED) is 0.283. The largest absolute Gasteiger partial charge is 0.221 e. The number of fused-ring (bicyclic) bond motifs is 1. The lowest BCUT2D eigenvalue weighted by Crippen LogP contribution is -1.95. The molecule has 4 aromatic carbocycles. The number of pyridine rings is 1. The zero-order valence-corrected chi connectivity index (χ0v) is 18.9. The molecule has 6 aromatic rings. The molecule has 3 heteroatoms. The molecule has 6 rings (SSSR count). The van der Waals surface area contributed by atoms with Crippen LogP contribution in [-0.4, -0.2) is 14.6 Å². The SMILES string of the molecule is Cc1ccc(-c2nc3ccccn3n2)c(-c2c(-c3ccccc3)cccc2-c2ccccc2)c1. The summed E-state index contributed by atoms with van der Waals surface area (Å²) in [5, 5.41) is 4.81. The molecule has 3 nitrogen and oxygen atoms in total. The van der Waals surface area contributed by atoms with Gasteiger partial charge in [0.25, 0.3) is 0 Å². The first-order chi connectivity index (χ1) is 16.8. The molecule has 0 atom stereocenters. The highest BCUT2D eigenvalue weighted by molar-refractivity contribution is 5.99. The van der Waals surface area contributed by atoms with Crippen molar-refractivity contribution in [2.45, 2.75) is 6.92 Å². The van der Waals surface area contributed by atoms with Crippen LogP contribution in [0.25, 0.3) is 50.4 Å². The predicted octanol–water partition coefficient (Wildman–Crippen LogP) is 7.71. The van der Waals surface area contributed by atoms with Crippen molar-refractivity contribution in [3.05, 3.63) is 127 Å². The highest BCUT2D eigenvalue weighted by atomic mass is 15.3. The molecule has 0 N–H and O–H groups in total. The van der Waals surface area contributed by atoms with Gasteiger partial charge in [-0.25, -0.2) is 9.50 Å². The van der Waals surface area contributed by atoms with Gasteiger partial charge in [0.05, 0.1) is 0 Å². The highest BCUT2D eigenvalue weighted by Crippen LogP contribution is 2.43. The van der Waals surface area contributed by atoms with Gasteiger partial charge in [-0.3, -0.25) is 0 Å². The van der Waals surface area contributed by atoms with Crippen LogP contribution >= 0.6 is 0 Å². The van der Waals surface area contributed by atoms with E-state index in [0.29, 0.717) is 0 Å². The lowest BCUT2D eigenvalue weighted by atomic mass is 9.85. The van der Waals surface area contributed by atoms with Crippen molar-refractivity contribution in [2.75, 3.05) is 0 Å². The van der Waals surface area contributed by atoms with Crippen LogP contribution in [0.1, 0.15) is 5.56 Å². The summed E-state index contributed by atoms with van der Waals surface area (Å²) in [7, 11) is 0. The number of aromatic nitrogens is 3. The van der Waals surface area contributed by atoms with Crippen LogP contribution in [-0.2, 0) is 0 Å². The minimum atomic E-state index is 0.725. The molecule has 162 valence electrons. The smallest absolute Gasteiger partial charge is 0.182 e. The van der Waals surface area contributed by atoms with Crippen LogP contribution < -0.4 is 0 Å². The third-order valence-electron chi connectivity index (χ3n) is 6.16. The van der Waals surface area contributed by atoms with Gasteiger partial charge in [0.1, 0.15) is 0 Å². The van der Waals surface area contributed by atoms with Gasteiger partial charge >= 0.3 is 0 Å². The van der Waals surface area contributed by atoms with Crippen LogP contribution in [0.15, 0.2) is 121 Å². The molecule has 0 radical (unpaired) electrons. The summed E-state index contributed by atoms with van der Waals surface area (Å²) in [5.41, 5.74) is 10.1. The van der Waals surface area contributed by atoms with Crippen LogP contribution in [0.5, 0.6) is 0 Å². The number of rotatable bonds is 4. The normalized spacial score (nSPS) is 11.1. The zero-order valence-electron chi connectivity index (χ0n) is 18.9. The molecule has 0 fully saturated rings. The first-order valence-corrected chi connectivity index (χ1v) is 11.4. The molecular formula is C31H23N3. The summed E-state index contributed by atoms with van der Waals surface area (Å²) in [6.07, 6.45) is 1.94. The number of hydrogen-bond acceptors (Lipinski definition) is 2. The van der Waals surface area contributed by atoms with Gasteiger partial charge in [0.15, 0.2) is 11.5 Å². The van der Waals surface area contributed by atoms with E-state index in [1.54, 1.807) is 0 Å². The third kappa shape index (κ3) is 3.57. The van der Waals surface area contributed by atoms with Gasteiger partial charge in [0.2, 0.25) is 0 Å². The summed E-state index contributed by atoms with van der Waals surface area (Å²) >= 11 is 0. The first kappa shape index (κ1) is 20.1. The summed E-state index contributed by atoms with van der Waals surface area (Å²) in [5.74, 6) is 0.725. The second-order valence-corrected chi connectivity index (χ2v) is 8.45. The minimum absolute atomic E-state index is 0.725. The maximum absolute atomic E-state index is 4.86. The second kappa shape index (κ2) is 8.45. The van der Waals surface area contributed by atoms with Gasteiger partial charge in [-0.15, -0.1) is 5.10 Å². The molecule has 2 aromatic heterocycles. The first-order valence-electron chi connectivity index (χ1n) is 11.4. The fourth-order valence-electron chi connectivity index (χ4n) is 4.56. The second-order valence-electron chi connectivity index (χ2n) is 8.45. The van der Waals surface area contributed by atoms with Gasteiger partial charge in [0, 0.05) is 11.8 Å². The van der Waals surface area contributed by atoms with Crippen molar-refractivity contribution in [3.8, 4) is 44.8 Å². The van der Waals surface area contributed by atoms with Gasteiger partial charge in [-0.05, 0) is 52.4 Å². The fourth-order valence-corrected chi connectivity index (χ4v) is 4.56. The summed E-state index contributed by atoms with van der Waals surface area (Å²) in [4.78, 5) is 4.86. The summed E-state index contributed by atoms with van der Waals surface area (Å²) in [6, 6.07) is 40.2. The van der Waals surface area contributed by atoms with Crippen molar-refractivity contribution < 1.29 is 0 Å². The molecule has 0 aliphatic heterocycles. The predicted molar refractivity (Wildman–Crippen MR) is 139 cm³/mol. The van der Waals surface area contributed by atoms with E-state index in [-0.39, 0.29) is 0 Å². The topological polar surface area (TPSA) is 30.2 Å². The van der Waals surface area contributed by atoms with E-state index in [4.69, 9.17) is 10.1 Å². The van der Waals surface area contributed by atoms with E-state index in [1.165, 1.54) is 33.4 Å². The molecule has 34 heavy (non-hydrogen) atoms. The van der Waals surface area contributed by atoms with Crippen LogP contribution in [0, 0.1) is 6.92 Å². The van der Waals surface area contributed by atoms with E-state index in [2.05, 4.69) is 104 Å². The maximum Gasteiger partial charge on any atom is 0.182 e. The number of hydrogen-bond donors (Lipinski definition) is 0.